The van der Waals surface area contributed by atoms with Crippen molar-refractivity contribution in [3.63, 3.8) is 0 Å². The molecule has 4 nitrogen and oxygen atoms in total. The van der Waals surface area contributed by atoms with E-state index in [0.717, 1.165) is 21.5 Å². The van der Waals surface area contributed by atoms with Crippen LogP contribution in [-0.4, -0.2) is 14.7 Å². The third-order valence-electron chi connectivity index (χ3n) is 4.01. The number of nitrogens with zero attached hydrogens (tertiary/aromatic N) is 2. The van der Waals surface area contributed by atoms with Crippen molar-refractivity contribution in [1.82, 2.24) is 9.55 Å². The number of rotatable bonds is 2. The zero-order chi connectivity index (χ0) is 13.7. The molecule has 0 spiro atoms. The second kappa shape index (κ2) is 4.60. The first-order valence-corrected chi connectivity index (χ1v) is 7.67. The van der Waals surface area contributed by atoms with E-state index in [1.807, 2.05) is 30.7 Å². The number of aliphatic hydroxyl groups is 1. The fourth-order valence-electron chi connectivity index (χ4n) is 2.82. The third kappa shape index (κ3) is 2.05. The van der Waals surface area contributed by atoms with Gasteiger partial charge in [-0.05, 0) is 25.0 Å². The molecule has 2 heterocycles. The van der Waals surface area contributed by atoms with Crippen LogP contribution in [0.15, 0.2) is 35.2 Å². The molecular weight excluding hydrogens is 320 g/mol. The molecule has 0 saturated heterocycles. The summed E-state index contributed by atoms with van der Waals surface area (Å²) in [5, 5.41) is 10.3. The highest BCUT2D eigenvalue weighted by atomic mass is 79.9. The van der Waals surface area contributed by atoms with Crippen LogP contribution in [0, 0.1) is 0 Å². The number of aromatic nitrogens is 2. The lowest BCUT2D eigenvalue weighted by Crippen LogP contribution is -2.21. The number of benzene rings is 1. The van der Waals surface area contributed by atoms with E-state index in [0.29, 0.717) is 12.5 Å². The number of hydrogen-bond acceptors (Lipinski definition) is 3. The number of fused-ring (bicyclic) bond motifs is 1. The summed E-state index contributed by atoms with van der Waals surface area (Å²) >= 11 is 3.45. The molecule has 1 saturated carbocycles. The van der Waals surface area contributed by atoms with Gasteiger partial charge in [-0.2, -0.15) is 0 Å². The van der Waals surface area contributed by atoms with Gasteiger partial charge >= 0.3 is 0 Å². The summed E-state index contributed by atoms with van der Waals surface area (Å²) in [5.41, 5.74) is 1.93. The molecule has 1 aromatic carbocycles. The molecule has 2 aliphatic rings. The molecule has 0 radical (unpaired) electrons. The first-order valence-electron chi connectivity index (χ1n) is 6.88. The Morgan fingerprint density at radius 2 is 2.20 bits per heavy atom. The summed E-state index contributed by atoms with van der Waals surface area (Å²) in [5.74, 6) is 0.756. The lowest BCUT2D eigenvalue weighted by molar-refractivity contribution is 0.0617. The number of imidazole rings is 1. The van der Waals surface area contributed by atoms with Gasteiger partial charge in [-0.25, -0.2) is 4.98 Å². The fourth-order valence-corrected chi connectivity index (χ4v) is 3.16. The third-order valence-corrected chi connectivity index (χ3v) is 4.50. The predicted molar refractivity (Wildman–Crippen MR) is 77.6 cm³/mol. The average molecular weight is 335 g/mol. The van der Waals surface area contributed by atoms with Crippen LogP contribution in [0.3, 0.4) is 0 Å². The van der Waals surface area contributed by atoms with E-state index in [-0.39, 0.29) is 6.10 Å². The molecule has 1 aromatic heterocycles. The topological polar surface area (TPSA) is 47.3 Å². The zero-order valence-corrected chi connectivity index (χ0v) is 12.5. The number of hydrogen-bond donors (Lipinski definition) is 1. The molecular formula is C15H15BrN2O2. The van der Waals surface area contributed by atoms with Gasteiger partial charge in [0.05, 0.1) is 24.3 Å². The molecule has 2 aromatic rings. The first-order chi connectivity index (χ1) is 9.72. The van der Waals surface area contributed by atoms with Crippen molar-refractivity contribution >= 4 is 15.9 Å². The summed E-state index contributed by atoms with van der Waals surface area (Å²) in [7, 11) is 0. The summed E-state index contributed by atoms with van der Waals surface area (Å²) in [6.07, 6.45) is 6.11. The van der Waals surface area contributed by atoms with Crippen molar-refractivity contribution in [2.75, 3.05) is 0 Å². The highest BCUT2D eigenvalue weighted by Gasteiger charge is 2.33. The smallest absolute Gasteiger partial charge is 0.143 e. The van der Waals surface area contributed by atoms with E-state index < -0.39 is 6.10 Å². The van der Waals surface area contributed by atoms with Gasteiger partial charge in [0.25, 0.3) is 0 Å². The molecule has 1 fully saturated rings. The van der Waals surface area contributed by atoms with Crippen LogP contribution in [0.1, 0.15) is 48.8 Å². The monoisotopic (exact) mass is 334 g/mol. The summed E-state index contributed by atoms with van der Waals surface area (Å²) < 4.78 is 9.25. The summed E-state index contributed by atoms with van der Waals surface area (Å²) in [4.78, 5) is 4.25. The largest absolute Gasteiger partial charge is 0.484 e. The van der Waals surface area contributed by atoms with Gasteiger partial charge in [-0.1, -0.05) is 22.0 Å². The minimum Gasteiger partial charge on any atom is -0.484 e. The second-order valence-corrected chi connectivity index (χ2v) is 6.41. The average Bonchev–Trinajstić information content (AvgIpc) is 3.15. The number of ether oxygens (including phenoxy) is 1. The molecule has 20 heavy (non-hydrogen) atoms. The quantitative estimate of drug-likeness (QED) is 0.913. The maximum Gasteiger partial charge on any atom is 0.143 e. The van der Waals surface area contributed by atoms with Crippen molar-refractivity contribution in [3.05, 3.63) is 46.5 Å². The Labute approximate surface area is 125 Å². The van der Waals surface area contributed by atoms with E-state index >= 15 is 0 Å². The normalized spacial score (nSPS) is 25.1. The van der Waals surface area contributed by atoms with Gasteiger partial charge in [0.2, 0.25) is 0 Å². The van der Waals surface area contributed by atoms with Crippen LogP contribution >= 0.6 is 15.9 Å². The Balaban J connectivity index is 1.69. The van der Waals surface area contributed by atoms with Gasteiger partial charge in [-0.3, -0.25) is 0 Å². The lowest BCUT2D eigenvalue weighted by Gasteiger charge is -2.30. The SMILES string of the molecule is O[C@H]1CC(c2cncn2C2CC2)Oc2cc(Br)ccc21. The predicted octanol–water partition coefficient (Wildman–Crippen LogP) is 3.54. The molecule has 104 valence electrons. The molecule has 2 atom stereocenters. The van der Waals surface area contributed by atoms with Crippen LogP contribution in [0.4, 0.5) is 0 Å². The Kier molecular flexibility index (Phi) is 2.86. The van der Waals surface area contributed by atoms with E-state index in [1.165, 1.54) is 12.8 Å². The molecule has 5 heteroatoms. The number of aliphatic hydroxyl groups excluding tert-OH is 1. The molecule has 1 N–H and O–H groups in total. The highest BCUT2D eigenvalue weighted by Crippen LogP contribution is 2.44. The second-order valence-electron chi connectivity index (χ2n) is 5.50. The van der Waals surface area contributed by atoms with E-state index in [4.69, 9.17) is 4.74 Å². The van der Waals surface area contributed by atoms with Gasteiger partial charge in [-0.15, -0.1) is 0 Å². The summed E-state index contributed by atoms with van der Waals surface area (Å²) in [6, 6.07) is 6.33. The molecule has 1 aliphatic heterocycles. The van der Waals surface area contributed by atoms with Crippen molar-refractivity contribution in [3.8, 4) is 5.75 Å². The molecule has 0 bridgehead atoms. The lowest BCUT2D eigenvalue weighted by atomic mass is 9.97. The van der Waals surface area contributed by atoms with Gasteiger partial charge in [0.1, 0.15) is 11.9 Å². The molecule has 1 unspecified atom stereocenters. The van der Waals surface area contributed by atoms with Crippen LogP contribution < -0.4 is 4.74 Å². The summed E-state index contributed by atoms with van der Waals surface area (Å²) in [6.45, 7) is 0. The standard InChI is InChI=1S/C15H15BrN2O2/c16-9-1-4-11-13(19)6-15(20-14(11)5-9)12-7-17-8-18(12)10-2-3-10/h1,4-5,7-8,10,13,15,19H,2-3,6H2/t13-,15?/m0/s1. The van der Waals surface area contributed by atoms with Crippen molar-refractivity contribution in [1.29, 1.82) is 0 Å². The maximum absolute atomic E-state index is 10.3. The Morgan fingerprint density at radius 1 is 1.35 bits per heavy atom. The van der Waals surface area contributed by atoms with Gasteiger partial charge in [0, 0.05) is 22.5 Å². The van der Waals surface area contributed by atoms with Gasteiger partial charge < -0.3 is 14.4 Å². The van der Waals surface area contributed by atoms with E-state index in [1.54, 1.807) is 0 Å². The Hall–Kier alpha value is -1.33. The molecule has 0 amide bonds. The van der Waals surface area contributed by atoms with Crippen LogP contribution in [0.5, 0.6) is 5.75 Å². The van der Waals surface area contributed by atoms with Crippen molar-refractivity contribution in [2.45, 2.75) is 37.5 Å². The van der Waals surface area contributed by atoms with Crippen LogP contribution in [0.2, 0.25) is 0 Å². The fraction of sp³-hybridized carbons (Fsp3) is 0.400. The van der Waals surface area contributed by atoms with Crippen molar-refractivity contribution < 1.29 is 9.84 Å². The van der Waals surface area contributed by atoms with E-state index in [9.17, 15) is 5.11 Å². The minimum atomic E-state index is -0.487. The Bertz CT molecular complexity index is 651. The van der Waals surface area contributed by atoms with Gasteiger partial charge in [0.15, 0.2) is 0 Å². The molecule has 1 aliphatic carbocycles. The zero-order valence-electron chi connectivity index (χ0n) is 10.9. The van der Waals surface area contributed by atoms with Crippen LogP contribution in [0.25, 0.3) is 0 Å². The first kappa shape index (κ1) is 12.4. The maximum atomic E-state index is 10.3. The number of halogens is 1. The van der Waals surface area contributed by atoms with E-state index in [2.05, 4.69) is 25.5 Å². The van der Waals surface area contributed by atoms with Crippen molar-refractivity contribution in [2.24, 2.45) is 0 Å². The highest BCUT2D eigenvalue weighted by molar-refractivity contribution is 9.10. The van der Waals surface area contributed by atoms with Crippen LogP contribution in [-0.2, 0) is 0 Å². The Morgan fingerprint density at radius 3 is 3.00 bits per heavy atom. The minimum absolute atomic E-state index is 0.130. The molecule has 4 rings (SSSR count).